The summed E-state index contributed by atoms with van der Waals surface area (Å²) >= 11 is 0. The summed E-state index contributed by atoms with van der Waals surface area (Å²) in [6.07, 6.45) is 1.51. The van der Waals surface area contributed by atoms with E-state index in [1.54, 1.807) is 11.7 Å². The summed E-state index contributed by atoms with van der Waals surface area (Å²) in [6, 6.07) is 9.44. The van der Waals surface area contributed by atoms with Crippen LogP contribution < -0.4 is 10.6 Å². The van der Waals surface area contributed by atoms with Crippen LogP contribution in [0, 0.1) is 0 Å². The summed E-state index contributed by atoms with van der Waals surface area (Å²) in [5.41, 5.74) is 0. The highest BCUT2D eigenvalue weighted by atomic mass is 127. The summed E-state index contributed by atoms with van der Waals surface area (Å²) in [7, 11) is 2.52. The Morgan fingerprint density at radius 1 is 1.30 bits per heavy atom. The van der Waals surface area contributed by atoms with E-state index in [2.05, 4.69) is 25.7 Å². The summed E-state index contributed by atoms with van der Waals surface area (Å²) < 4.78 is 13.8. The highest BCUT2D eigenvalue weighted by Gasteiger charge is 2.05. The van der Waals surface area contributed by atoms with Crippen LogP contribution in [-0.2, 0) is 24.4 Å². The van der Waals surface area contributed by atoms with Crippen LogP contribution in [0.15, 0.2) is 46.5 Å². The lowest BCUT2D eigenvalue weighted by atomic mass is 10.4. The zero-order valence-corrected chi connectivity index (χ0v) is 16.2. The molecule has 0 radical (unpaired) electrons. The molecule has 126 valence electrons. The number of benzene rings is 1. The number of hydrogen-bond acceptors (Lipinski definition) is 4. The molecule has 1 unspecified atom stereocenters. The van der Waals surface area contributed by atoms with Crippen LogP contribution >= 0.6 is 24.0 Å². The molecule has 9 heteroatoms. The minimum absolute atomic E-state index is 0. The lowest BCUT2D eigenvalue weighted by molar-refractivity contribution is 0.672. The van der Waals surface area contributed by atoms with E-state index in [4.69, 9.17) is 0 Å². The highest BCUT2D eigenvalue weighted by Crippen LogP contribution is 2.04. The number of nitrogens with zero attached hydrogens (tertiary/aromatic N) is 4. The molecule has 2 N–H and O–H groups in total. The first kappa shape index (κ1) is 19.6. The second kappa shape index (κ2) is 10.3. The van der Waals surface area contributed by atoms with Crippen LogP contribution in [0.4, 0.5) is 0 Å². The SMILES string of the molecule is CN=C(NCCS(=O)c1ccccc1)NCc1ncnn1C.I. The van der Waals surface area contributed by atoms with Crippen molar-refractivity contribution in [3.8, 4) is 0 Å². The first-order chi connectivity index (χ1) is 10.7. The first-order valence-corrected chi connectivity index (χ1v) is 8.23. The molecule has 7 nitrogen and oxygen atoms in total. The summed E-state index contributed by atoms with van der Waals surface area (Å²) in [6.45, 7) is 1.10. The van der Waals surface area contributed by atoms with Gasteiger partial charge in [-0.3, -0.25) is 13.9 Å². The molecule has 1 aromatic heterocycles. The molecule has 23 heavy (non-hydrogen) atoms. The van der Waals surface area contributed by atoms with Gasteiger partial charge in [0.1, 0.15) is 12.2 Å². The molecule has 0 aliphatic heterocycles. The Hall–Kier alpha value is -1.49. The molecule has 0 bridgehead atoms. The minimum Gasteiger partial charge on any atom is -0.355 e. The van der Waals surface area contributed by atoms with Gasteiger partial charge in [-0.1, -0.05) is 18.2 Å². The van der Waals surface area contributed by atoms with Crippen LogP contribution in [0.2, 0.25) is 0 Å². The third-order valence-electron chi connectivity index (χ3n) is 3.03. The Morgan fingerprint density at radius 3 is 2.65 bits per heavy atom. The predicted octanol–water partition coefficient (Wildman–Crippen LogP) is 0.906. The largest absolute Gasteiger partial charge is 0.355 e. The average molecular weight is 448 g/mol. The fraction of sp³-hybridized carbons (Fsp3) is 0.357. The van der Waals surface area contributed by atoms with Gasteiger partial charge in [-0.15, -0.1) is 24.0 Å². The van der Waals surface area contributed by atoms with Gasteiger partial charge in [-0.2, -0.15) is 5.10 Å². The van der Waals surface area contributed by atoms with Crippen molar-refractivity contribution in [2.24, 2.45) is 12.0 Å². The van der Waals surface area contributed by atoms with Gasteiger partial charge in [0, 0.05) is 31.3 Å². The predicted molar refractivity (Wildman–Crippen MR) is 102 cm³/mol. The molecular weight excluding hydrogens is 427 g/mol. The molecule has 2 rings (SSSR count). The molecule has 1 aromatic carbocycles. The van der Waals surface area contributed by atoms with Crippen molar-refractivity contribution in [2.75, 3.05) is 19.3 Å². The van der Waals surface area contributed by atoms with Crippen LogP contribution in [-0.4, -0.2) is 44.3 Å². The van der Waals surface area contributed by atoms with Crippen molar-refractivity contribution in [1.82, 2.24) is 25.4 Å². The normalized spacial score (nSPS) is 12.3. The third kappa shape index (κ3) is 6.26. The lowest BCUT2D eigenvalue weighted by Crippen LogP contribution is -2.39. The summed E-state index contributed by atoms with van der Waals surface area (Å²) in [5, 5.41) is 10.3. The van der Waals surface area contributed by atoms with Crippen LogP contribution in [0.5, 0.6) is 0 Å². The van der Waals surface area contributed by atoms with Gasteiger partial charge in [-0.25, -0.2) is 4.98 Å². The average Bonchev–Trinajstić information content (AvgIpc) is 2.96. The number of aromatic nitrogens is 3. The minimum atomic E-state index is -1.01. The second-order valence-corrected chi connectivity index (χ2v) is 6.09. The standard InChI is InChI=1S/C14H20N6OS.HI/c1-15-14(17-10-13-18-11-19-20(13)2)16-8-9-22(21)12-6-4-3-5-7-12;/h3-7,11H,8-10H2,1-2H3,(H2,15,16,17);1H. The lowest BCUT2D eigenvalue weighted by Gasteiger charge is -2.11. The Morgan fingerprint density at radius 2 is 2.04 bits per heavy atom. The Labute approximate surface area is 155 Å². The number of nitrogens with one attached hydrogen (secondary N) is 2. The van der Waals surface area contributed by atoms with Crippen molar-refractivity contribution in [2.45, 2.75) is 11.4 Å². The molecule has 0 saturated heterocycles. The molecule has 1 heterocycles. The van der Waals surface area contributed by atoms with Crippen molar-refractivity contribution >= 4 is 40.7 Å². The smallest absolute Gasteiger partial charge is 0.191 e. The molecular formula is C14H21IN6OS. The van der Waals surface area contributed by atoms with E-state index in [-0.39, 0.29) is 24.0 Å². The number of halogens is 1. The monoisotopic (exact) mass is 448 g/mol. The quantitative estimate of drug-likeness (QED) is 0.390. The number of hydrogen-bond donors (Lipinski definition) is 2. The van der Waals surface area contributed by atoms with Gasteiger partial charge < -0.3 is 10.6 Å². The Balaban J connectivity index is 0.00000264. The summed E-state index contributed by atoms with van der Waals surface area (Å²) in [5.74, 6) is 1.98. The zero-order valence-electron chi connectivity index (χ0n) is 13.1. The van der Waals surface area contributed by atoms with Crippen LogP contribution in [0.3, 0.4) is 0 Å². The highest BCUT2D eigenvalue weighted by molar-refractivity contribution is 14.0. The number of aryl methyl sites for hydroxylation is 1. The molecule has 0 amide bonds. The summed E-state index contributed by atoms with van der Waals surface area (Å²) in [4.78, 5) is 9.09. The molecule has 0 spiro atoms. The van der Waals surface area contributed by atoms with Gasteiger partial charge in [0.15, 0.2) is 5.96 Å². The molecule has 2 aromatic rings. The van der Waals surface area contributed by atoms with Crippen molar-refractivity contribution in [3.05, 3.63) is 42.5 Å². The third-order valence-corrected chi connectivity index (χ3v) is 4.40. The van der Waals surface area contributed by atoms with E-state index >= 15 is 0 Å². The van der Waals surface area contributed by atoms with Crippen molar-refractivity contribution < 1.29 is 4.21 Å². The van der Waals surface area contributed by atoms with Gasteiger partial charge >= 0.3 is 0 Å². The van der Waals surface area contributed by atoms with E-state index in [0.717, 1.165) is 10.7 Å². The second-order valence-electron chi connectivity index (χ2n) is 4.52. The maximum absolute atomic E-state index is 12.1. The Kier molecular flexibility index (Phi) is 8.77. The molecule has 1 atom stereocenters. The van der Waals surface area contributed by atoms with Gasteiger partial charge in [-0.05, 0) is 12.1 Å². The van der Waals surface area contributed by atoms with Crippen molar-refractivity contribution in [1.29, 1.82) is 0 Å². The molecule has 0 aliphatic carbocycles. The van der Waals surface area contributed by atoms with Gasteiger partial charge in [0.2, 0.25) is 0 Å². The van der Waals surface area contributed by atoms with Gasteiger partial charge in [0.25, 0.3) is 0 Å². The fourth-order valence-corrected chi connectivity index (χ4v) is 2.80. The number of rotatable bonds is 6. The van der Waals surface area contributed by atoms with E-state index < -0.39 is 10.8 Å². The maximum atomic E-state index is 12.1. The van der Waals surface area contributed by atoms with Crippen molar-refractivity contribution in [3.63, 3.8) is 0 Å². The number of guanidine groups is 1. The van der Waals surface area contributed by atoms with Crippen LogP contribution in [0.1, 0.15) is 5.82 Å². The maximum Gasteiger partial charge on any atom is 0.191 e. The number of aliphatic imine (C=N–C) groups is 1. The molecule has 0 aliphatic rings. The van der Waals surface area contributed by atoms with E-state index in [1.807, 2.05) is 37.4 Å². The zero-order chi connectivity index (χ0) is 15.8. The van der Waals surface area contributed by atoms with E-state index in [0.29, 0.717) is 24.8 Å². The Bertz CT molecular complexity index is 646. The van der Waals surface area contributed by atoms with E-state index in [1.165, 1.54) is 6.33 Å². The fourth-order valence-electron chi connectivity index (χ4n) is 1.82. The molecule has 0 fully saturated rings. The molecule has 0 saturated carbocycles. The topological polar surface area (TPSA) is 84.2 Å². The van der Waals surface area contributed by atoms with Crippen LogP contribution in [0.25, 0.3) is 0 Å². The van der Waals surface area contributed by atoms with Gasteiger partial charge in [0.05, 0.1) is 17.3 Å². The van der Waals surface area contributed by atoms with E-state index in [9.17, 15) is 4.21 Å². The first-order valence-electron chi connectivity index (χ1n) is 6.91.